The number of hydrogen-bond acceptors (Lipinski definition) is 5. The second-order valence-corrected chi connectivity index (χ2v) is 9.80. The lowest BCUT2D eigenvalue weighted by Crippen LogP contribution is -2.54. The predicted molar refractivity (Wildman–Crippen MR) is 116 cm³/mol. The normalized spacial score (nSPS) is 37.3. The molecule has 6 heteroatoms. The number of aryl methyl sites for hydroxylation is 1. The Morgan fingerprint density at radius 3 is 2.29 bits per heavy atom. The Bertz CT molecular complexity index is 712. The zero-order valence-corrected chi connectivity index (χ0v) is 18.5. The van der Waals surface area contributed by atoms with Gasteiger partial charge >= 0.3 is 0 Å². The van der Waals surface area contributed by atoms with Gasteiger partial charge in [-0.2, -0.15) is 0 Å². The van der Waals surface area contributed by atoms with Crippen LogP contribution in [0.15, 0.2) is 18.2 Å². The Hall–Kier alpha value is -1.05. The highest BCUT2D eigenvalue weighted by Crippen LogP contribution is 2.36. The fraction of sp³-hybridized carbons (Fsp3) is 0.760. The van der Waals surface area contributed by atoms with Crippen LogP contribution in [0.3, 0.4) is 0 Å². The van der Waals surface area contributed by atoms with Crippen LogP contribution in [0.25, 0.3) is 0 Å². The summed E-state index contributed by atoms with van der Waals surface area (Å²) in [6, 6.07) is 5.88. The number of ether oxygens (including phenoxy) is 2. The van der Waals surface area contributed by atoms with Crippen molar-refractivity contribution in [3.05, 3.63) is 34.9 Å². The first-order valence-electron chi connectivity index (χ1n) is 12.0. The van der Waals surface area contributed by atoms with E-state index in [2.05, 4.69) is 6.92 Å². The van der Waals surface area contributed by atoms with Crippen LogP contribution in [0.5, 0.6) is 0 Å². The Labute approximate surface area is 184 Å². The molecule has 1 saturated heterocycles. The molecule has 1 aromatic rings. The topological polar surface area (TPSA) is 79.2 Å². The number of aliphatic hydroxyl groups is 3. The van der Waals surface area contributed by atoms with Gasteiger partial charge in [0, 0.05) is 0 Å². The molecule has 174 valence electrons. The van der Waals surface area contributed by atoms with Crippen LogP contribution in [-0.4, -0.2) is 58.6 Å². The molecule has 3 N–H and O–H groups in total. The summed E-state index contributed by atoms with van der Waals surface area (Å²) in [4.78, 5) is 0. The van der Waals surface area contributed by atoms with Crippen molar-refractivity contribution in [3.8, 4) is 0 Å². The largest absolute Gasteiger partial charge is 0.387 e. The maximum Gasteiger partial charge on any atom is 0.118 e. The van der Waals surface area contributed by atoms with E-state index in [0.29, 0.717) is 18.1 Å². The van der Waals surface area contributed by atoms with E-state index in [4.69, 9.17) is 9.47 Å². The van der Waals surface area contributed by atoms with Crippen molar-refractivity contribution in [2.24, 2.45) is 5.92 Å². The smallest absolute Gasteiger partial charge is 0.118 e. The van der Waals surface area contributed by atoms with Crippen LogP contribution in [0.2, 0.25) is 0 Å². The highest BCUT2D eigenvalue weighted by Gasteiger charge is 2.44. The van der Waals surface area contributed by atoms with Gasteiger partial charge in [-0.15, -0.1) is 0 Å². The van der Waals surface area contributed by atoms with Crippen LogP contribution in [0.1, 0.15) is 74.2 Å². The molecule has 3 fully saturated rings. The molecule has 0 spiro atoms. The van der Waals surface area contributed by atoms with Crippen LogP contribution in [0.4, 0.5) is 4.39 Å². The van der Waals surface area contributed by atoms with Crippen molar-refractivity contribution in [1.82, 2.24) is 0 Å². The molecule has 31 heavy (non-hydrogen) atoms. The molecule has 3 aliphatic rings. The summed E-state index contributed by atoms with van der Waals surface area (Å²) in [5, 5.41) is 30.5. The van der Waals surface area contributed by atoms with E-state index in [9.17, 15) is 19.7 Å². The molecule has 0 radical (unpaired) electrons. The molecular weight excluding hydrogens is 399 g/mol. The quantitative estimate of drug-likeness (QED) is 0.636. The molecule has 1 heterocycles. The van der Waals surface area contributed by atoms with Gasteiger partial charge in [-0.1, -0.05) is 31.0 Å². The maximum absolute atomic E-state index is 13.2. The Morgan fingerprint density at radius 2 is 1.61 bits per heavy atom. The number of benzene rings is 1. The van der Waals surface area contributed by atoms with Crippen LogP contribution < -0.4 is 0 Å². The average Bonchev–Trinajstić information content (AvgIpc) is 3.28. The molecule has 2 aliphatic carbocycles. The molecule has 1 aliphatic heterocycles. The van der Waals surface area contributed by atoms with Gasteiger partial charge in [-0.3, -0.25) is 0 Å². The SMILES string of the molecule is Cc1ccc([C@@H]2O[C@H](CF)[C@@H](O)[C@H](O)[C@H]2O)cc1CC1CCC(OC2CCCC2)CC1. The minimum absolute atomic E-state index is 0.406. The number of rotatable bonds is 6. The Morgan fingerprint density at radius 1 is 0.935 bits per heavy atom. The standard InChI is InChI=1S/C25H37FO5/c1-15-6-9-17(25-24(29)23(28)22(27)21(14-26)31-25)13-18(15)12-16-7-10-20(11-8-16)30-19-4-2-3-5-19/h6,9,13,16,19-25,27-29H,2-5,7-8,10-12,14H2,1H3/t16?,20?,21-,22-,23+,24-,25+/m1/s1. The number of halogens is 1. The molecule has 0 amide bonds. The van der Waals surface area contributed by atoms with Gasteiger partial charge in [0.15, 0.2) is 0 Å². The van der Waals surface area contributed by atoms with Gasteiger partial charge in [0.25, 0.3) is 0 Å². The number of aliphatic hydroxyl groups excluding tert-OH is 3. The summed E-state index contributed by atoms with van der Waals surface area (Å²) in [5.41, 5.74) is 3.10. The van der Waals surface area contributed by atoms with Crippen molar-refractivity contribution in [2.75, 3.05) is 6.67 Å². The second kappa shape index (κ2) is 10.3. The third-order valence-electron chi connectivity index (χ3n) is 7.56. The van der Waals surface area contributed by atoms with E-state index < -0.39 is 37.2 Å². The summed E-state index contributed by atoms with van der Waals surface area (Å²) in [6.45, 7) is 1.17. The summed E-state index contributed by atoms with van der Waals surface area (Å²) in [6.07, 6.45) is 5.27. The average molecular weight is 437 g/mol. The van der Waals surface area contributed by atoms with Crippen molar-refractivity contribution < 1.29 is 29.2 Å². The molecule has 4 rings (SSSR count). The molecule has 0 bridgehead atoms. The summed E-state index contributed by atoms with van der Waals surface area (Å²) >= 11 is 0. The first-order valence-corrected chi connectivity index (χ1v) is 12.0. The summed E-state index contributed by atoms with van der Waals surface area (Å²) in [7, 11) is 0. The van der Waals surface area contributed by atoms with Gasteiger partial charge in [0.05, 0.1) is 12.2 Å². The summed E-state index contributed by atoms with van der Waals surface area (Å²) in [5.74, 6) is 0.598. The van der Waals surface area contributed by atoms with E-state index in [1.807, 2.05) is 18.2 Å². The van der Waals surface area contributed by atoms with Gasteiger partial charge < -0.3 is 24.8 Å². The highest BCUT2D eigenvalue weighted by molar-refractivity contribution is 5.33. The van der Waals surface area contributed by atoms with Crippen molar-refractivity contribution in [2.45, 2.75) is 107 Å². The third-order valence-corrected chi connectivity index (χ3v) is 7.56. The van der Waals surface area contributed by atoms with Crippen LogP contribution in [-0.2, 0) is 15.9 Å². The second-order valence-electron chi connectivity index (χ2n) is 9.80. The van der Waals surface area contributed by atoms with Crippen LogP contribution >= 0.6 is 0 Å². The summed E-state index contributed by atoms with van der Waals surface area (Å²) < 4.78 is 25.2. The van der Waals surface area contributed by atoms with Gasteiger partial charge in [0.1, 0.15) is 37.2 Å². The number of hydrogen-bond donors (Lipinski definition) is 3. The lowest BCUT2D eigenvalue weighted by Gasteiger charge is -2.40. The van der Waals surface area contributed by atoms with E-state index in [-0.39, 0.29) is 0 Å². The van der Waals surface area contributed by atoms with Crippen molar-refractivity contribution in [3.63, 3.8) is 0 Å². The zero-order chi connectivity index (χ0) is 22.0. The van der Waals surface area contributed by atoms with Gasteiger partial charge in [-0.05, 0) is 74.5 Å². The molecular formula is C25H37FO5. The van der Waals surface area contributed by atoms with E-state index >= 15 is 0 Å². The molecule has 5 nitrogen and oxygen atoms in total. The fourth-order valence-electron chi connectivity index (χ4n) is 5.52. The molecule has 0 unspecified atom stereocenters. The number of alkyl halides is 1. The zero-order valence-electron chi connectivity index (χ0n) is 18.5. The highest BCUT2D eigenvalue weighted by atomic mass is 19.1. The molecule has 2 saturated carbocycles. The first kappa shape index (κ1) is 23.1. The van der Waals surface area contributed by atoms with Crippen molar-refractivity contribution >= 4 is 0 Å². The third kappa shape index (κ3) is 5.31. The first-order chi connectivity index (χ1) is 15.0. The van der Waals surface area contributed by atoms with Gasteiger partial charge in [0.2, 0.25) is 0 Å². The maximum atomic E-state index is 13.2. The van der Waals surface area contributed by atoms with Crippen LogP contribution in [0, 0.1) is 12.8 Å². The Kier molecular flexibility index (Phi) is 7.65. The molecule has 5 atom stereocenters. The Balaban J connectivity index is 1.38. The van der Waals surface area contributed by atoms with E-state index in [0.717, 1.165) is 37.7 Å². The lowest BCUT2D eigenvalue weighted by molar-refractivity contribution is -0.227. The molecule has 1 aromatic carbocycles. The minimum Gasteiger partial charge on any atom is -0.387 e. The molecule has 0 aromatic heterocycles. The predicted octanol–water partition coefficient (Wildman–Crippen LogP) is 3.55. The van der Waals surface area contributed by atoms with Crippen molar-refractivity contribution in [1.29, 1.82) is 0 Å². The van der Waals surface area contributed by atoms with Gasteiger partial charge in [-0.25, -0.2) is 4.39 Å². The minimum atomic E-state index is -1.43. The van der Waals surface area contributed by atoms with E-state index in [1.165, 1.54) is 36.8 Å². The van der Waals surface area contributed by atoms with E-state index in [1.54, 1.807) is 0 Å². The monoisotopic (exact) mass is 436 g/mol. The fourth-order valence-corrected chi connectivity index (χ4v) is 5.52. The lowest BCUT2D eigenvalue weighted by atomic mass is 9.81.